The fourth-order valence-corrected chi connectivity index (χ4v) is 5.88. The predicted molar refractivity (Wildman–Crippen MR) is 144 cm³/mol. The second-order valence-electron chi connectivity index (χ2n) is 10.8. The summed E-state index contributed by atoms with van der Waals surface area (Å²) in [5.41, 5.74) is 1.33. The molecule has 1 aliphatic carbocycles. The molecule has 2 aliphatic rings. The molecule has 0 aromatic heterocycles. The molecule has 0 bridgehead atoms. The minimum absolute atomic E-state index is 0.0219. The smallest absolute Gasteiger partial charge is 0.309 e. The predicted octanol–water partition coefficient (Wildman–Crippen LogP) is 7.52. The maximum absolute atomic E-state index is 12.0. The molecule has 2 fully saturated rings. The summed E-state index contributed by atoms with van der Waals surface area (Å²) in [7, 11) is 0. The number of ether oxygens (including phenoxy) is 2. The highest BCUT2D eigenvalue weighted by Crippen LogP contribution is 2.32. The van der Waals surface area contributed by atoms with Crippen LogP contribution < -0.4 is 4.74 Å². The number of carbonyl (C=O) groups is 1. The Morgan fingerprint density at radius 1 is 0.886 bits per heavy atom. The van der Waals surface area contributed by atoms with Crippen LogP contribution >= 0.6 is 0 Å². The van der Waals surface area contributed by atoms with E-state index in [1.807, 2.05) is 6.92 Å². The van der Waals surface area contributed by atoms with Crippen molar-refractivity contribution in [2.45, 2.75) is 97.1 Å². The average Bonchev–Trinajstić information content (AvgIpc) is 2.88. The van der Waals surface area contributed by atoms with E-state index in [1.54, 1.807) is 0 Å². The van der Waals surface area contributed by atoms with Gasteiger partial charge in [0.05, 0.1) is 18.6 Å². The van der Waals surface area contributed by atoms with Gasteiger partial charge in [-0.25, -0.2) is 0 Å². The number of hydrogen-bond acceptors (Lipinski definition) is 4. The summed E-state index contributed by atoms with van der Waals surface area (Å²) in [6.07, 6.45) is 14.1. The number of nitrogens with zero attached hydrogens (tertiary/aromatic N) is 1. The van der Waals surface area contributed by atoms with Gasteiger partial charge in [-0.1, -0.05) is 57.2 Å². The van der Waals surface area contributed by atoms with Crippen LogP contribution in [0.3, 0.4) is 0 Å². The van der Waals surface area contributed by atoms with E-state index in [1.165, 1.54) is 74.1 Å². The molecule has 1 saturated heterocycles. The van der Waals surface area contributed by atoms with Crippen molar-refractivity contribution in [3.63, 3.8) is 0 Å². The standard InChI is InChI=1S/C31H45NO3/c1-3-5-6-7-8-24-10-14-29(15-11-24)35-30-16-13-27-21-25(9-12-28(27)22-30)23-32-19-17-26(18-20-32)31(33)34-4-2/h9,12-13,16,21-22,24,26,29H,3-8,10-11,14-15,17-20,23H2,1-2H3. The molecule has 0 radical (unpaired) electrons. The number of esters is 1. The summed E-state index contributed by atoms with van der Waals surface area (Å²) in [6.45, 7) is 7.48. The van der Waals surface area contributed by atoms with Crippen LogP contribution in [-0.2, 0) is 16.1 Å². The van der Waals surface area contributed by atoms with E-state index in [-0.39, 0.29) is 11.9 Å². The first-order chi connectivity index (χ1) is 17.1. The van der Waals surface area contributed by atoms with Crippen LogP contribution in [0, 0.1) is 11.8 Å². The fraction of sp³-hybridized carbons (Fsp3) is 0.645. The number of unbranched alkanes of at least 4 members (excludes halogenated alkanes) is 3. The Balaban J connectivity index is 1.24. The van der Waals surface area contributed by atoms with Gasteiger partial charge in [0.25, 0.3) is 0 Å². The normalized spacial score (nSPS) is 21.8. The first-order valence-electron chi connectivity index (χ1n) is 14.2. The molecule has 1 heterocycles. The zero-order valence-corrected chi connectivity index (χ0v) is 22.0. The van der Waals surface area contributed by atoms with E-state index in [0.29, 0.717) is 12.7 Å². The van der Waals surface area contributed by atoms with Gasteiger partial charge in [-0.05, 0) is 99.0 Å². The van der Waals surface area contributed by atoms with Crippen molar-refractivity contribution in [1.82, 2.24) is 4.90 Å². The minimum Gasteiger partial charge on any atom is -0.490 e. The van der Waals surface area contributed by atoms with Gasteiger partial charge in [-0.3, -0.25) is 9.69 Å². The van der Waals surface area contributed by atoms with Gasteiger partial charge in [0, 0.05) is 6.54 Å². The lowest BCUT2D eigenvalue weighted by atomic mass is 9.84. The van der Waals surface area contributed by atoms with Crippen LogP contribution in [0.1, 0.15) is 90.0 Å². The van der Waals surface area contributed by atoms with Gasteiger partial charge in [-0.15, -0.1) is 0 Å². The van der Waals surface area contributed by atoms with Crippen molar-refractivity contribution in [2.75, 3.05) is 19.7 Å². The van der Waals surface area contributed by atoms with E-state index in [4.69, 9.17) is 9.47 Å². The van der Waals surface area contributed by atoms with Crippen LogP contribution in [0.2, 0.25) is 0 Å². The molecule has 0 amide bonds. The minimum atomic E-state index is -0.0219. The topological polar surface area (TPSA) is 38.8 Å². The number of piperidine rings is 1. The van der Waals surface area contributed by atoms with Gasteiger partial charge in [-0.2, -0.15) is 0 Å². The molecule has 0 N–H and O–H groups in total. The van der Waals surface area contributed by atoms with Crippen LogP contribution in [0.25, 0.3) is 10.8 Å². The van der Waals surface area contributed by atoms with Crippen molar-refractivity contribution >= 4 is 16.7 Å². The lowest BCUT2D eigenvalue weighted by Crippen LogP contribution is -2.36. The van der Waals surface area contributed by atoms with Crippen LogP contribution in [-0.4, -0.2) is 36.7 Å². The fourth-order valence-electron chi connectivity index (χ4n) is 5.88. The second kappa shape index (κ2) is 13.3. The number of likely N-dealkylation sites (tertiary alicyclic amines) is 1. The van der Waals surface area contributed by atoms with Crippen molar-refractivity contribution in [1.29, 1.82) is 0 Å². The Kier molecular flexibility index (Phi) is 9.88. The van der Waals surface area contributed by atoms with Crippen molar-refractivity contribution < 1.29 is 14.3 Å². The van der Waals surface area contributed by atoms with E-state index in [2.05, 4.69) is 48.2 Å². The Bertz CT molecular complexity index is 926. The molecule has 4 rings (SSSR count). The summed E-state index contributed by atoms with van der Waals surface area (Å²) in [5, 5.41) is 2.52. The monoisotopic (exact) mass is 479 g/mol. The van der Waals surface area contributed by atoms with Crippen LogP contribution in [0.15, 0.2) is 36.4 Å². The van der Waals surface area contributed by atoms with Crippen molar-refractivity contribution in [2.24, 2.45) is 11.8 Å². The van der Waals surface area contributed by atoms with Crippen LogP contribution in [0.5, 0.6) is 5.75 Å². The number of carbonyl (C=O) groups excluding carboxylic acids is 1. The lowest BCUT2D eigenvalue weighted by Gasteiger charge is -2.30. The number of hydrogen-bond donors (Lipinski definition) is 0. The highest BCUT2D eigenvalue weighted by atomic mass is 16.5. The molecule has 4 nitrogen and oxygen atoms in total. The molecule has 0 atom stereocenters. The van der Waals surface area contributed by atoms with Crippen molar-refractivity contribution in [3.05, 3.63) is 42.0 Å². The summed E-state index contributed by atoms with van der Waals surface area (Å²) in [6, 6.07) is 13.3. The molecule has 2 aromatic rings. The number of benzene rings is 2. The first kappa shape index (κ1) is 26.0. The Morgan fingerprint density at radius 3 is 2.37 bits per heavy atom. The number of rotatable bonds is 11. The molecule has 192 valence electrons. The lowest BCUT2D eigenvalue weighted by molar-refractivity contribution is -0.149. The summed E-state index contributed by atoms with van der Waals surface area (Å²) in [4.78, 5) is 14.4. The average molecular weight is 480 g/mol. The van der Waals surface area contributed by atoms with Crippen molar-refractivity contribution in [3.8, 4) is 5.75 Å². The Hall–Kier alpha value is -2.07. The third kappa shape index (κ3) is 7.70. The summed E-state index contributed by atoms with van der Waals surface area (Å²) >= 11 is 0. The molecule has 1 aliphatic heterocycles. The van der Waals surface area contributed by atoms with Gasteiger partial charge in [0.15, 0.2) is 0 Å². The maximum Gasteiger partial charge on any atom is 0.309 e. The first-order valence-corrected chi connectivity index (χ1v) is 14.2. The zero-order valence-electron chi connectivity index (χ0n) is 22.0. The molecule has 0 unspecified atom stereocenters. The third-order valence-electron chi connectivity index (χ3n) is 8.05. The zero-order chi connectivity index (χ0) is 24.5. The Morgan fingerprint density at radius 2 is 1.63 bits per heavy atom. The molecule has 35 heavy (non-hydrogen) atoms. The molecule has 4 heteroatoms. The molecular weight excluding hydrogens is 434 g/mol. The van der Waals surface area contributed by atoms with E-state index in [0.717, 1.165) is 44.1 Å². The molecule has 1 saturated carbocycles. The van der Waals surface area contributed by atoms with E-state index < -0.39 is 0 Å². The third-order valence-corrected chi connectivity index (χ3v) is 8.05. The van der Waals surface area contributed by atoms with Gasteiger partial charge >= 0.3 is 5.97 Å². The largest absolute Gasteiger partial charge is 0.490 e. The molecular formula is C31H45NO3. The molecule has 0 spiro atoms. The van der Waals surface area contributed by atoms with Crippen LogP contribution in [0.4, 0.5) is 0 Å². The second-order valence-corrected chi connectivity index (χ2v) is 10.8. The van der Waals surface area contributed by atoms with Gasteiger partial charge in [0.1, 0.15) is 5.75 Å². The SMILES string of the molecule is CCCCCCC1CCC(Oc2ccc3cc(CN4CCC(C(=O)OCC)CC4)ccc3c2)CC1. The summed E-state index contributed by atoms with van der Waals surface area (Å²) < 4.78 is 11.6. The quantitative estimate of drug-likeness (QED) is 0.247. The number of fused-ring (bicyclic) bond motifs is 1. The maximum atomic E-state index is 12.0. The highest BCUT2D eigenvalue weighted by molar-refractivity contribution is 5.84. The summed E-state index contributed by atoms with van der Waals surface area (Å²) in [5.74, 6) is 1.98. The van der Waals surface area contributed by atoms with E-state index in [9.17, 15) is 4.79 Å². The highest BCUT2D eigenvalue weighted by Gasteiger charge is 2.26. The van der Waals surface area contributed by atoms with Gasteiger partial charge in [0.2, 0.25) is 0 Å². The van der Waals surface area contributed by atoms with Gasteiger partial charge < -0.3 is 9.47 Å². The Labute approximate surface area is 212 Å². The molecule has 2 aromatic carbocycles. The van der Waals surface area contributed by atoms with E-state index >= 15 is 0 Å².